The highest BCUT2D eigenvalue weighted by molar-refractivity contribution is 5.76. The van der Waals surface area contributed by atoms with Crippen molar-refractivity contribution >= 4 is 5.97 Å². The van der Waals surface area contributed by atoms with Gasteiger partial charge >= 0.3 is 5.97 Å². The molecule has 2 atom stereocenters. The fraction of sp³-hybridized carbons (Fsp3) is 0.889. The van der Waals surface area contributed by atoms with Crippen LogP contribution in [0.4, 0.5) is 0 Å². The number of hydrogen-bond donors (Lipinski definition) is 2. The summed E-state index contributed by atoms with van der Waals surface area (Å²) in [5.74, 6) is -0.522. The third kappa shape index (κ3) is 4.85. The number of ether oxygens (including phenoxy) is 1. The average molecular weight is 189 g/mol. The molecule has 0 saturated heterocycles. The first-order chi connectivity index (χ1) is 6.13. The largest absolute Gasteiger partial charge is 0.465 e. The summed E-state index contributed by atoms with van der Waals surface area (Å²) in [7, 11) is 0. The summed E-state index contributed by atoms with van der Waals surface area (Å²) in [5.41, 5.74) is 5.46. The van der Waals surface area contributed by atoms with Crippen LogP contribution in [0.15, 0.2) is 0 Å². The number of esters is 1. The zero-order valence-electron chi connectivity index (χ0n) is 8.32. The number of nitrogens with two attached hydrogens (primary N) is 1. The van der Waals surface area contributed by atoms with Crippen LogP contribution in [-0.4, -0.2) is 29.8 Å². The SMILES string of the molecule is CCCCC(O)C(N)C(=O)OCC. The topological polar surface area (TPSA) is 72.5 Å². The maximum atomic E-state index is 11.0. The van der Waals surface area contributed by atoms with Crippen LogP contribution in [0.3, 0.4) is 0 Å². The maximum absolute atomic E-state index is 11.0. The predicted molar refractivity (Wildman–Crippen MR) is 50.1 cm³/mol. The van der Waals surface area contributed by atoms with Crippen molar-refractivity contribution in [3.63, 3.8) is 0 Å². The summed E-state index contributed by atoms with van der Waals surface area (Å²) >= 11 is 0. The van der Waals surface area contributed by atoms with Crippen molar-refractivity contribution in [3.8, 4) is 0 Å². The van der Waals surface area contributed by atoms with Crippen LogP contribution >= 0.6 is 0 Å². The second-order valence-electron chi connectivity index (χ2n) is 2.99. The minimum atomic E-state index is -0.897. The van der Waals surface area contributed by atoms with Gasteiger partial charge in [0.25, 0.3) is 0 Å². The quantitative estimate of drug-likeness (QED) is 0.594. The minimum Gasteiger partial charge on any atom is -0.465 e. The summed E-state index contributed by atoms with van der Waals surface area (Å²) in [4.78, 5) is 11.0. The Morgan fingerprint density at radius 3 is 2.62 bits per heavy atom. The molecule has 0 amide bonds. The van der Waals surface area contributed by atoms with Gasteiger partial charge in [0, 0.05) is 0 Å². The molecular formula is C9H19NO3. The fourth-order valence-corrected chi connectivity index (χ4v) is 0.988. The fourth-order valence-electron chi connectivity index (χ4n) is 0.988. The highest BCUT2D eigenvalue weighted by atomic mass is 16.5. The molecule has 0 fully saturated rings. The summed E-state index contributed by atoms with van der Waals surface area (Å²) < 4.78 is 4.68. The molecule has 0 rings (SSSR count). The number of rotatable bonds is 6. The van der Waals surface area contributed by atoms with Crippen LogP contribution in [0.5, 0.6) is 0 Å². The first-order valence-electron chi connectivity index (χ1n) is 4.73. The van der Waals surface area contributed by atoms with Crippen molar-refractivity contribution in [2.24, 2.45) is 5.73 Å². The molecular weight excluding hydrogens is 170 g/mol. The van der Waals surface area contributed by atoms with Gasteiger partial charge in [-0.25, -0.2) is 0 Å². The Labute approximate surface area is 79.1 Å². The summed E-state index contributed by atoms with van der Waals surface area (Å²) in [6.07, 6.45) is 1.62. The highest BCUT2D eigenvalue weighted by Crippen LogP contribution is 2.04. The Morgan fingerprint density at radius 2 is 2.15 bits per heavy atom. The van der Waals surface area contributed by atoms with Crippen LogP contribution in [0.1, 0.15) is 33.1 Å². The van der Waals surface area contributed by atoms with E-state index in [0.717, 1.165) is 12.8 Å². The second-order valence-corrected chi connectivity index (χ2v) is 2.99. The average Bonchev–Trinajstić information content (AvgIpc) is 2.13. The van der Waals surface area contributed by atoms with Gasteiger partial charge < -0.3 is 15.6 Å². The summed E-state index contributed by atoms with van der Waals surface area (Å²) in [6.45, 7) is 4.03. The first-order valence-corrected chi connectivity index (χ1v) is 4.73. The number of carbonyl (C=O) groups is 1. The number of unbranched alkanes of at least 4 members (excludes halogenated alkanes) is 1. The molecule has 4 nitrogen and oxygen atoms in total. The molecule has 0 aliphatic heterocycles. The van der Waals surface area contributed by atoms with Crippen molar-refractivity contribution in [1.29, 1.82) is 0 Å². The molecule has 0 aromatic carbocycles. The molecule has 3 N–H and O–H groups in total. The van der Waals surface area contributed by atoms with E-state index in [-0.39, 0.29) is 0 Å². The number of carbonyl (C=O) groups excluding carboxylic acids is 1. The molecule has 0 aliphatic carbocycles. The Hall–Kier alpha value is -0.610. The van der Waals surface area contributed by atoms with Gasteiger partial charge in [0.05, 0.1) is 12.7 Å². The standard InChI is InChI=1S/C9H19NO3/c1-3-5-6-7(11)8(10)9(12)13-4-2/h7-8,11H,3-6,10H2,1-2H3. The molecule has 13 heavy (non-hydrogen) atoms. The minimum absolute atomic E-state index is 0.299. The molecule has 78 valence electrons. The zero-order valence-corrected chi connectivity index (χ0v) is 8.32. The van der Waals surface area contributed by atoms with E-state index in [1.807, 2.05) is 6.92 Å². The van der Waals surface area contributed by atoms with Crippen LogP contribution in [-0.2, 0) is 9.53 Å². The van der Waals surface area contributed by atoms with Crippen LogP contribution in [0.25, 0.3) is 0 Å². The summed E-state index contributed by atoms with van der Waals surface area (Å²) in [6, 6.07) is -0.897. The molecule has 0 aliphatic rings. The number of hydrogen-bond acceptors (Lipinski definition) is 4. The Morgan fingerprint density at radius 1 is 1.54 bits per heavy atom. The van der Waals surface area contributed by atoms with Gasteiger partial charge in [-0.2, -0.15) is 0 Å². The van der Waals surface area contributed by atoms with Crippen LogP contribution in [0, 0.1) is 0 Å². The zero-order chi connectivity index (χ0) is 10.3. The molecule has 0 spiro atoms. The van der Waals surface area contributed by atoms with Gasteiger partial charge in [-0.15, -0.1) is 0 Å². The van der Waals surface area contributed by atoms with E-state index < -0.39 is 18.1 Å². The molecule has 0 saturated carbocycles. The van der Waals surface area contributed by atoms with Crippen molar-refractivity contribution in [3.05, 3.63) is 0 Å². The predicted octanol–water partition coefficient (Wildman–Crippen LogP) is 0.428. The highest BCUT2D eigenvalue weighted by Gasteiger charge is 2.22. The lowest BCUT2D eigenvalue weighted by Gasteiger charge is -2.16. The first kappa shape index (κ1) is 12.4. The number of aliphatic hydroxyl groups is 1. The maximum Gasteiger partial charge on any atom is 0.325 e. The van der Waals surface area contributed by atoms with Gasteiger partial charge in [-0.05, 0) is 13.3 Å². The van der Waals surface area contributed by atoms with E-state index in [1.165, 1.54) is 0 Å². The van der Waals surface area contributed by atoms with E-state index in [2.05, 4.69) is 4.74 Å². The van der Waals surface area contributed by atoms with Crippen molar-refractivity contribution in [2.75, 3.05) is 6.61 Å². The van der Waals surface area contributed by atoms with Crippen LogP contribution < -0.4 is 5.73 Å². The van der Waals surface area contributed by atoms with E-state index >= 15 is 0 Å². The van der Waals surface area contributed by atoms with Gasteiger partial charge in [0.15, 0.2) is 0 Å². The molecule has 0 aromatic rings. The molecule has 0 bridgehead atoms. The Balaban J connectivity index is 3.79. The van der Waals surface area contributed by atoms with Crippen molar-refractivity contribution < 1.29 is 14.6 Å². The Bertz CT molecular complexity index is 150. The second kappa shape index (κ2) is 6.86. The van der Waals surface area contributed by atoms with Crippen molar-refractivity contribution in [1.82, 2.24) is 0 Å². The monoisotopic (exact) mass is 189 g/mol. The van der Waals surface area contributed by atoms with Gasteiger partial charge in [0.1, 0.15) is 6.04 Å². The lowest BCUT2D eigenvalue weighted by Crippen LogP contribution is -2.42. The lowest BCUT2D eigenvalue weighted by atomic mass is 10.1. The molecule has 4 heteroatoms. The third-order valence-electron chi connectivity index (χ3n) is 1.83. The van der Waals surface area contributed by atoms with Gasteiger partial charge in [0.2, 0.25) is 0 Å². The van der Waals surface area contributed by atoms with E-state index in [9.17, 15) is 9.90 Å². The van der Waals surface area contributed by atoms with Gasteiger partial charge in [-0.1, -0.05) is 19.8 Å². The van der Waals surface area contributed by atoms with Gasteiger partial charge in [-0.3, -0.25) is 4.79 Å². The van der Waals surface area contributed by atoms with E-state index in [4.69, 9.17) is 5.73 Å². The lowest BCUT2D eigenvalue weighted by molar-refractivity contribution is -0.147. The summed E-state index contributed by atoms with van der Waals surface area (Å²) in [5, 5.41) is 9.42. The number of aliphatic hydroxyl groups excluding tert-OH is 1. The molecule has 0 radical (unpaired) electrons. The third-order valence-corrected chi connectivity index (χ3v) is 1.83. The molecule has 2 unspecified atom stereocenters. The van der Waals surface area contributed by atoms with Crippen molar-refractivity contribution in [2.45, 2.75) is 45.3 Å². The molecule has 0 aromatic heterocycles. The molecule has 0 heterocycles. The smallest absolute Gasteiger partial charge is 0.325 e. The van der Waals surface area contributed by atoms with E-state index in [1.54, 1.807) is 6.92 Å². The van der Waals surface area contributed by atoms with Crippen LogP contribution in [0.2, 0.25) is 0 Å². The van der Waals surface area contributed by atoms with E-state index in [0.29, 0.717) is 13.0 Å². The normalized spacial score (nSPS) is 15.1. The Kier molecular flexibility index (Phi) is 6.54.